The molecule has 0 N–H and O–H groups in total. The molecule has 0 unspecified atom stereocenters. The number of rotatable bonds is 4. The predicted octanol–water partition coefficient (Wildman–Crippen LogP) is 4.98. The topological polar surface area (TPSA) is 73.1 Å². The Balaban J connectivity index is 1.98. The van der Waals surface area contributed by atoms with Gasteiger partial charge in [0.1, 0.15) is 0 Å². The molecule has 0 aliphatic carbocycles. The van der Waals surface area contributed by atoms with Crippen LogP contribution in [0.25, 0.3) is 10.2 Å². The quantitative estimate of drug-likeness (QED) is 0.453. The van der Waals surface area contributed by atoms with Crippen LogP contribution in [0, 0.1) is 10.1 Å². The van der Waals surface area contributed by atoms with Gasteiger partial charge in [-0.25, -0.2) is 9.19 Å². The number of aromatic nitrogens is 1. The normalized spacial score (nSPS) is 13.1. The predicted molar refractivity (Wildman–Crippen MR) is 89.3 cm³/mol. The lowest BCUT2D eigenvalue weighted by Gasteiger charge is -2.07. The molecule has 11 heteroatoms. The third kappa shape index (κ3) is 3.83. The first-order valence-electron chi connectivity index (χ1n) is 6.56. The summed E-state index contributed by atoms with van der Waals surface area (Å²) < 4.78 is 50.4. The van der Waals surface area contributed by atoms with Crippen molar-refractivity contribution < 1.29 is 22.3 Å². The molecule has 0 saturated heterocycles. The van der Waals surface area contributed by atoms with Gasteiger partial charge in [-0.1, -0.05) is 23.9 Å². The molecule has 5 nitrogen and oxygen atoms in total. The Bertz CT molecular complexity index is 955. The number of fused-ring (bicyclic) bond motifs is 1. The summed E-state index contributed by atoms with van der Waals surface area (Å²) in [7, 11) is -3.32. The SMILES string of the molecule is O=[N+]([O-])c1cc([S@@](=O)C(F)(F)F)ccc1Sc1nc2ccccc2s1. The molecule has 0 aliphatic rings. The molecule has 1 heterocycles. The van der Waals surface area contributed by atoms with Crippen LogP contribution in [0.2, 0.25) is 0 Å². The second-order valence-electron chi connectivity index (χ2n) is 4.65. The Morgan fingerprint density at radius 2 is 1.92 bits per heavy atom. The first kappa shape index (κ1) is 17.8. The molecule has 0 spiro atoms. The van der Waals surface area contributed by atoms with Crippen molar-refractivity contribution in [2.75, 3.05) is 0 Å². The van der Waals surface area contributed by atoms with Gasteiger partial charge in [0.05, 0.1) is 24.9 Å². The first-order valence-corrected chi connectivity index (χ1v) is 9.34. The molecule has 0 bridgehead atoms. The van der Waals surface area contributed by atoms with Gasteiger partial charge in [-0.3, -0.25) is 10.1 Å². The number of benzene rings is 2. The number of nitrogens with zero attached hydrogens (tertiary/aromatic N) is 2. The van der Waals surface area contributed by atoms with E-state index in [9.17, 15) is 27.5 Å². The van der Waals surface area contributed by atoms with Crippen molar-refractivity contribution in [1.82, 2.24) is 4.98 Å². The molecule has 25 heavy (non-hydrogen) atoms. The fraction of sp³-hybridized carbons (Fsp3) is 0.0714. The van der Waals surface area contributed by atoms with Gasteiger partial charge in [0.25, 0.3) is 5.69 Å². The minimum atomic E-state index is -4.98. The highest BCUT2D eigenvalue weighted by atomic mass is 32.2. The van der Waals surface area contributed by atoms with Crippen LogP contribution in [-0.2, 0) is 10.8 Å². The number of hydrogen-bond acceptors (Lipinski definition) is 6. The summed E-state index contributed by atoms with van der Waals surface area (Å²) in [5.41, 5.74) is -4.79. The van der Waals surface area contributed by atoms with Gasteiger partial charge in [0.2, 0.25) is 0 Å². The van der Waals surface area contributed by atoms with E-state index in [0.717, 1.165) is 34.1 Å². The van der Waals surface area contributed by atoms with Crippen molar-refractivity contribution >= 4 is 49.8 Å². The zero-order chi connectivity index (χ0) is 18.2. The van der Waals surface area contributed by atoms with Crippen molar-refractivity contribution in [3.63, 3.8) is 0 Å². The van der Waals surface area contributed by atoms with Crippen LogP contribution in [-0.4, -0.2) is 19.6 Å². The molecule has 1 aromatic heterocycles. The van der Waals surface area contributed by atoms with E-state index in [1.807, 2.05) is 12.1 Å². The zero-order valence-electron chi connectivity index (χ0n) is 12.0. The zero-order valence-corrected chi connectivity index (χ0v) is 14.5. The molecule has 3 aromatic rings. The van der Waals surface area contributed by atoms with E-state index in [0.29, 0.717) is 10.4 Å². The highest BCUT2D eigenvalue weighted by Gasteiger charge is 2.38. The maximum Gasteiger partial charge on any atom is 0.475 e. The van der Waals surface area contributed by atoms with Crippen molar-refractivity contribution in [1.29, 1.82) is 0 Å². The highest BCUT2D eigenvalue weighted by Crippen LogP contribution is 2.40. The van der Waals surface area contributed by atoms with Gasteiger partial charge in [-0.15, -0.1) is 11.3 Å². The largest absolute Gasteiger partial charge is 0.475 e. The summed E-state index contributed by atoms with van der Waals surface area (Å²) in [6, 6.07) is 10.1. The second kappa shape index (κ2) is 6.73. The number of para-hydroxylation sites is 1. The summed E-state index contributed by atoms with van der Waals surface area (Å²) in [5, 5.41) is 11.2. The standard InChI is InChI=1S/C14H7F3N2O3S3/c15-14(16,17)25(22)8-5-6-12(10(7-8)19(20)21)24-13-18-9-3-1-2-4-11(9)23-13/h1-7H/t25-/m1/s1. The van der Waals surface area contributed by atoms with Crippen molar-refractivity contribution in [2.45, 2.75) is 19.6 Å². The lowest BCUT2D eigenvalue weighted by Crippen LogP contribution is -2.16. The van der Waals surface area contributed by atoms with E-state index in [2.05, 4.69) is 4.98 Å². The van der Waals surface area contributed by atoms with E-state index in [4.69, 9.17) is 0 Å². The number of hydrogen-bond donors (Lipinski definition) is 0. The molecule has 0 amide bonds. The van der Waals surface area contributed by atoms with Crippen LogP contribution in [0.5, 0.6) is 0 Å². The summed E-state index contributed by atoms with van der Waals surface area (Å²) in [4.78, 5) is 14.2. The van der Waals surface area contributed by atoms with Crippen molar-refractivity contribution in [2.24, 2.45) is 0 Å². The number of halogens is 3. The van der Waals surface area contributed by atoms with E-state index >= 15 is 0 Å². The molecule has 0 aliphatic heterocycles. The Labute approximate surface area is 149 Å². The molecule has 2 aromatic carbocycles. The van der Waals surface area contributed by atoms with E-state index in [1.54, 1.807) is 12.1 Å². The van der Waals surface area contributed by atoms with Crippen LogP contribution in [0.15, 0.2) is 56.6 Å². The molecular weight excluding hydrogens is 397 g/mol. The average molecular weight is 404 g/mol. The van der Waals surface area contributed by atoms with Gasteiger partial charge in [-0.2, -0.15) is 13.2 Å². The Hall–Kier alpha value is -1.98. The molecule has 1 atom stereocenters. The number of alkyl halides is 3. The van der Waals surface area contributed by atoms with Crippen LogP contribution >= 0.6 is 23.1 Å². The van der Waals surface area contributed by atoms with Crippen LogP contribution < -0.4 is 0 Å². The average Bonchev–Trinajstić information content (AvgIpc) is 2.95. The molecule has 130 valence electrons. The first-order chi connectivity index (χ1) is 11.8. The summed E-state index contributed by atoms with van der Waals surface area (Å²) in [5.74, 6) is 0. The van der Waals surface area contributed by atoms with Gasteiger partial charge in [-0.05, 0) is 24.3 Å². The number of nitro benzene ring substituents is 1. The summed E-state index contributed by atoms with van der Waals surface area (Å²) in [6.45, 7) is 0. The Morgan fingerprint density at radius 3 is 2.56 bits per heavy atom. The molecule has 3 rings (SSSR count). The van der Waals surface area contributed by atoms with E-state index in [1.165, 1.54) is 11.3 Å². The van der Waals surface area contributed by atoms with Crippen LogP contribution in [0.3, 0.4) is 0 Å². The van der Waals surface area contributed by atoms with Gasteiger partial charge >= 0.3 is 5.51 Å². The van der Waals surface area contributed by atoms with Crippen molar-refractivity contribution in [3.8, 4) is 0 Å². The van der Waals surface area contributed by atoms with Crippen molar-refractivity contribution in [3.05, 3.63) is 52.6 Å². The fourth-order valence-electron chi connectivity index (χ4n) is 1.96. The Morgan fingerprint density at radius 1 is 1.20 bits per heavy atom. The third-order valence-corrected chi connectivity index (χ3v) is 6.29. The number of thiazole rings is 1. The second-order valence-corrected chi connectivity index (χ2v) is 8.44. The van der Waals surface area contributed by atoms with Gasteiger partial charge in [0.15, 0.2) is 15.1 Å². The van der Waals surface area contributed by atoms with Crippen LogP contribution in [0.1, 0.15) is 0 Å². The highest BCUT2D eigenvalue weighted by molar-refractivity contribution is 8.01. The summed E-state index contributed by atoms with van der Waals surface area (Å²) >= 11 is 2.30. The molecule has 0 radical (unpaired) electrons. The molecule has 0 fully saturated rings. The lowest BCUT2D eigenvalue weighted by atomic mass is 10.3. The lowest BCUT2D eigenvalue weighted by molar-refractivity contribution is -0.388. The maximum atomic E-state index is 12.5. The van der Waals surface area contributed by atoms with Crippen LogP contribution in [0.4, 0.5) is 18.9 Å². The molecular formula is C14H7F3N2O3S3. The fourth-order valence-corrected chi connectivity index (χ4v) is 4.75. The maximum absolute atomic E-state index is 12.5. The molecule has 0 saturated carbocycles. The van der Waals surface area contributed by atoms with Gasteiger partial charge in [0, 0.05) is 6.07 Å². The smallest absolute Gasteiger partial charge is 0.258 e. The number of nitro groups is 1. The summed E-state index contributed by atoms with van der Waals surface area (Å²) in [6.07, 6.45) is 0. The van der Waals surface area contributed by atoms with E-state index < -0.39 is 31.8 Å². The monoisotopic (exact) mass is 404 g/mol. The third-order valence-electron chi connectivity index (χ3n) is 3.02. The Kier molecular flexibility index (Phi) is 4.80. The minimum Gasteiger partial charge on any atom is -0.258 e. The van der Waals surface area contributed by atoms with Gasteiger partial charge < -0.3 is 0 Å². The minimum absolute atomic E-state index is 0.131. The van der Waals surface area contributed by atoms with E-state index in [-0.39, 0.29) is 4.90 Å².